The maximum atomic E-state index is 14.2. The molecule has 1 aromatic carbocycles. The van der Waals surface area contributed by atoms with Crippen molar-refractivity contribution in [2.45, 2.75) is 31.3 Å². The lowest BCUT2D eigenvalue weighted by atomic mass is 9.91. The van der Waals surface area contributed by atoms with Gasteiger partial charge in [-0.3, -0.25) is 0 Å². The summed E-state index contributed by atoms with van der Waals surface area (Å²) in [5, 5.41) is 12.0. The third kappa shape index (κ3) is 2.89. The lowest BCUT2D eigenvalue weighted by molar-refractivity contribution is 0.178. The van der Waals surface area contributed by atoms with Gasteiger partial charge in [-0.25, -0.2) is 14.2 Å². The van der Waals surface area contributed by atoms with Gasteiger partial charge in [0.2, 0.25) is 5.95 Å². The smallest absolute Gasteiger partial charge is 0.314 e. The normalized spacial score (nSPS) is 20.2. The molecule has 5 nitrogen and oxygen atoms in total. The molecule has 2 bridgehead atoms. The molecule has 2 amide bonds. The van der Waals surface area contributed by atoms with Crippen molar-refractivity contribution in [3.63, 3.8) is 0 Å². The maximum Gasteiger partial charge on any atom is 0.322 e. The Morgan fingerprint density at radius 2 is 2.04 bits per heavy atom. The lowest BCUT2D eigenvalue weighted by Crippen LogP contribution is -2.45. The van der Waals surface area contributed by atoms with Crippen molar-refractivity contribution in [2.75, 3.05) is 5.32 Å². The van der Waals surface area contributed by atoms with Crippen molar-refractivity contribution in [1.29, 1.82) is 5.26 Å². The SMILES string of the molecule is N#Cc1cnc(F)c2c1C1CC[C@@H](C2)N1C(=O)Nc1cc(Cl)c(Cl)cc1F. The van der Waals surface area contributed by atoms with Crippen molar-refractivity contribution in [3.8, 4) is 6.07 Å². The molecule has 1 aromatic heterocycles. The second-order valence-corrected chi connectivity index (χ2v) is 7.32. The first-order valence-electron chi connectivity index (χ1n) is 8.22. The van der Waals surface area contributed by atoms with Crippen LogP contribution in [0.25, 0.3) is 0 Å². The molecule has 1 unspecified atom stereocenters. The predicted octanol–water partition coefficient (Wildman–Crippen LogP) is 4.83. The zero-order valence-electron chi connectivity index (χ0n) is 13.8. The van der Waals surface area contributed by atoms with Gasteiger partial charge in [0.1, 0.15) is 11.9 Å². The summed E-state index contributed by atoms with van der Waals surface area (Å²) in [5.41, 5.74) is 1.02. The van der Waals surface area contributed by atoms with Gasteiger partial charge in [0.15, 0.2) is 0 Å². The summed E-state index contributed by atoms with van der Waals surface area (Å²) in [5.74, 6) is -1.33. The minimum Gasteiger partial charge on any atom is -0.314 e. The molecule has 2 aliphatic rings. The Morgan fingerprint density at radius 3 is 2.78 bits per heavy atom. The van der Waals surface area contributed by atoms with E-state index < -0.39 is 23.8 Å². The molecule has 2 atom stereocenters. The molecule has 0 aliphatic carbocycles. The Bertz CT molecular complexity index is 1010. The average Bonchev–Trinajstić information content (AvgIpc) is 2.95. The zero-order chi connectivity index (χ0) is 19.3. The second-order valence-electron chi connectivity index (χ2n) is 6.50. The number of halogens is 4. The van der Waals surface area contributed by atoms with Crippen LogP contribution >= 0.6 is 23.2 Å². The summed E-state index contributed by atoms with van der Waals surface area (Å²) >= 11 is 11.7. The third-order valence-electron chi connectivity index (χ3n) is 5.05. The molecular weight excluding hydrogens is 397 g/mol. The van der Waals surface area contributed by atoms with Crippen LogP contribution in [0.4, 0.5) is 19.3 Å². The molecule has 2 aromatic rings. The number of nitrogens with one attached hydrogen (secondary N) is 1. The summed E-state index contributed by atoms with van der Waals surface area (Å²) in [7, 11) is 0. The van der Waals surface area contributed by atoms with Crippen LogP contribution in [0, 0.1) is 23.1 Å². The van der Waals surface area contributed by atoms with Gasteiger partial charge in [-0.2, -0.15) is 9.65 Å². The highest BCUT2D eigenvalue weighted by Crippen LogP contribution is 2.45. The summed E-state index contributed by atoms with van der Waals surface area (Å²) in [4.78, 5) is 18.0. The van der Waals surface area contributed by atoms with Crippen LogP contribution in [-0.4, -0.2) is 22.0 Å². The van der Waals surface area contributed by atoms with Crippen LogP contribution in [-0.2, 0) is 6.42 Å². The van der Waals surface area contributed by atoms with Crippen LogP contribution < -0.4 is 5.32 Å². The molecular formula is C18H12Cl2F2N4O. The zero-order valence-corrected chi connectivity index (χ0v) is 15.3. The highest BCUT2D eigenvalue weighted by Gasteiger charge is 2.45. The summed E-state index contributed by atoms with van der Waals surface area (Å²) in [6, 6.07) is 3.03. The van der Waals surface area contributed by atoms with Crippen LogP contribution in [0.2, 0.25) is 10.0 Å². The minimum atomic E-state index is -0.713. The molecule has 1 saturated heterocycles. The second kappa shape index (κ2) is 6.63. The number of fused-ring (bicyclic) bond motifs is 4. The largest absolute Gasteiger partial charge is 0.322 e. The van der Waals surface area contributed by atoms with Crippen molar-refractivity contribution >= 4 is 34.9 Å². The quantitative estimate of drug-likeness (QED) is 0.542. The van der Waals surface area contributed by atoms with Gasteiger partial charge in [-0.1, -0.05) is 23.2 Å². The number of nitrogens with zero attached hydrogens (tertiary/aromatic N) is 3. The fourth-order valence-corrected chi connectivity index (χ4v) is 4.23. The Kier molecular flexibility index (Phi) is 4.41. The van der Waals surface area contributed by atoms with Gasteiger partial charge in [0, 0.05) is 23.4 Å². The van der Waals surface area contributed by atoms with E-state index in [4.69, 9.17) is 23.2 Å². The number of rotatable bonds is 1. The van der Waals surface area contributed by atoms with Crippen LogP contribution in [0.3, 0.4) is 0 Å². The first-order valence-corrected chi connectivity index (χ1v) is 8.97. The fraction of sp³-hybridized carbons (Fsp3) is 0.278. The van der Waals surface area contributed by atoms with E-state index in [9.17, 15) is 18.8 Å². The van der Waals surface area contributed by atoms with E-state index in [-0.39, 0.29) is 33.8 Å². The Morgan fingerprint density at radius 1 is 1.30 bits per heavy atom. The molecule has 4 rings (SSSR count). The molecule has 138 valence electrons. The van der Waals surface area contributed by atoms with Crippen LogP contribution in [0.15, 0.2) is 18.3 Å². The van der Waals surface area contributed by atoms with Crippen molar-refractivity contribution in [3.05, 3.63) is 56.8 Å². The van der Waals surface area contributed by atoms with Gasteiger partial charge in [-0.15, -0.1) is 0 Å². The number of carbonyl (C=O) groups is 1. The number of hydrogen-bond donors (Lipinski definition) is 1. The van der Waals surface area contributed by atoms with Crippen LogP contribution in [0.1, 0.15) is 35.6 Å². The van der Waals surface area contributed by atoms with Crippen molar-refractivity contribution in [2.24, 2.45) is 0 Å². The van der Waals surface area contributed by atoms with E-state index >= 15 is 0 Å². The number of anilines is 1. The predicted molar refractivity (Wildman–Crippen MR) is 95.7 cm³/mol. The maximum absolute atomic E-state index is 14.2. The first-order chi connectivity index (χ1) is 12.9. The van der Waals surface area contributed by atoms with E-state index in [1.807, 2.05) is 6.07 Å². The molecule has 27 heavy (non-hydrogen) atoms. The van der Waals surface area contributed by atoms with Crippen molar-refractivity contribution in [1.82, 2.24) is 9.88 Å². The minimum absolute atomic E-state index is 0.0424. The molecule has 2 aliphatic heterocycles. The van der Waals surface area contributed by atoms with Gasteiger partial charge in [0.25, 0.3) is 0 Å². The van der Waals surface area contributed by atoms with Gasteiger partial charge >= 0.3 is 6.03 Å². The summed E-state index contributed by atoms with van der Waals surface area (Å²) < 4.78 is 28.3. The molecule has 9 heteroatoms. The fourth-order valence-electron chi connectivity index (χ4n) is 3.91. The van der Waals surface area contributed by atoms with E-state index in [0.29, 0.717) is 24.0 Å². The number of nitriles is 1. The number of pyridine rings is 1. The lowest BCUT2D eigenvalue weighted by Gasteiger charge is -2.36. The molecule has 0 spiro atoms. The Hall–Kier alpha value is -2.43. The highest BCUT2D eigenvalue weighted by molar-refractivity contribution is 6.42. The topological polar surface area (TPSA) is 69.0 Å². The van der Waals surface area contributed by atoms with Crippen molar-refractivity contribution < 1.29 is 13.6 Å². The standard InChI is InChI=1S/C18H12Cl2F2N4O/c19-11-4-13(21)14(5-12(11)20)25-18(27)26-9-1-2-15(26)16-8(6-23)7-24-17(22)10(16)3-9/h4-5,7,9,15H,1-3H2,(H,25,27)/t9-,15?/m0/s1. The molecule has 3 heterocycles. The van der Waals surface area contributed by atoms with Gasteiger partial charge in [0.05, 0.1) is 27.3 Å². The van der Waals surface area contributed by atoms with Gasteiger partial charge < -0.3 is 10.2 Å². The number of benzene rings is 1. The molecule has 1 fully saturated rings. The summed E-state index contributed by atoms with van der Waals surface area (Å²) in [6.45, 7) is 0. The van der Waals surface area contributed by atoms with E-state index in [0.717, 1.165) is 6.07 Å². The number of urea groups is 1. The molecule has 0 saturated carbocycles. The Labute approximate surface area is 163 Å². The van der Waals surface area contributed by atoms with E-state index in [2.05, 4.69) is 10.3 Å². The first kappa shape index (κ1) is 18.0. The summed E-state index contributed by atoms with van der Waals surface area (Å²) in [6.07, 6.45) is 2.69. The Balaban J connectivity index is 1.68. The third-order valence-corrected chi connectivity index (χ3v) is 5.78. The number of aromatic nitrogens is 1. The average molecular weight is 409 g/mol. The van der Waals surface area contributed by atoms with E-state index in [1.165, 1.54) is 12.3 Å². The number of carbonyl (C=O) groups excluding carboxylic acids is 1. The van der Waals surface area contributed by atoms with Gasteiger partial charge in [-0.05, 0) is 31.4 Å². The highest BCUT2D eigenvalue weighted by atomic mass is 35.5. The number of amides is 2. The number of hydrogen-bond acceptors (Lipinski definition) is 3. The molecule has 1 N–H and O–H groups in total. The van der Waals surface area contributed by atoms with E-state index in [1.54, 1.807) is 4.90 Å². The molecule has 0 radical (unpaired) electrons. The van der Waals surface area contributed by atoms with Crippen LogP contribution in [0.5, 0.6) is 0 Å². The monoisotopic (exact) mass is 408 g/mol.